The average Bonchev–Trinajstić information content (AvgIpc) is 3.57. The summed E-state index contributed by atoms with van der Waals surface area (Å²) in [5.74, 6) is 0.601. The topological polar surface area (TPSA) is 54.5 Å². The molecule has 4 nitrogen and oxygen atoms in total. The van der Waals surface area contributed by atoms with Gasteiger partial charge >= 0.3 is 0 Å². The molecule has 1 aliphatic rings. The Morgan fingerprint density at radius 3 is 2.05 bits per heavy atom. The Morgan fingerprint density at radius 2 is 1.25 bits per heavy atom. The summed E-state index contributed by atoms with van der Waals surface area (Å²) in [6.07, 6.45) is 8.59. The van der Waals surface area contributed by atoms with Crippen LogP contribution in [0.25, 0.3) is 78.0 Å². The first-order valence-corrected chi connectivity index (χ1v) is 18.9. The Labute approximate surface area is 322 Å². The maximum atomic E-state index is 9.65. The van der Waals surface area contributed by atoms with Gasteiger partial charge in [-0.25, -0.2) is 9.97 Å². The van der Waals surface area contributed by atoms with E-state index < -0.39 is 0 Å². The quantitative estimate of drug-likeness (QED) is 0.173. The van der Waals surface area contributed by atoms with Crippen LogP contribution in [0.3, 0.4) is 0 Å². The van der Waals surface area contributed by atoms with Crippen LogP contribution in [-0.2, 0) is 5.41 Å². The van der Waals surface area contributed by atoms with Crippen molar-refractivity contribution in [1.82, 2.24) is 14.5 Å². The van der Waals surface area contributed by atoms with Gasteiger partial charge in [0.15, 0.2) is 5.82 Å². The molecule has 0 N–H and O–H groups in total. The Balaban J connectivity index is 1.24. The lowest BCUT2D eigenvalue weighted by atomic mass is 9.86. The van der Waals surface area contributed by atoms with E-state index in [0.29, 0.717) is 11.4 Å². The van der Waals surface area contributed by atoms with Gasteiger partial charge in [0.25, 0.3) is 0 Å². The minimum absolute atomic E-state index is 0.00994. The van der Waals surface area contributed by atoms with Crippen molar-refractivity contribution in [1.29, 1.82) is 5.26 Å². The van der Waals surface area contributed by atoms with Crippen molar-refractivity contribution in [2.45, 2.75) is 39.0 Å². The zero-order chi connectivity index (χ0) is 37.5. The van der Waals surface area contributed by atoms with Gasteiger partial charge in [0.1, 0.15) is 0 Å². The van der Waals surface area contributed by atoms with E-state index in [0.717, 1.165) is 68.9 Å². The van der Waals surface area contributed by atoms with E-state index >= 15 is 0 Å². The van der Waals surface area contributed by atoms with E-state index in [-0.39, 0.29) is 5.41 Å². The highest BCUT2D eigenvalue weighted by atomic mass is 15.0. The predicted molar refractivity (Wildman–Crippen MR) is 228 cm³/mol. The minimum Gasteiger partial charge on any atom is -0.309 e. The second kappa shape index (κ2) is 13.9. The first-order valence-electron chi connectivity index (χ1n) is 18.9. The number of nitriles is 1. The number of nitrogens with zero attached hydrogens (tertiary/aromatic N) is 4. The molecule has 264 valence electrons. The van der Waals surface area contributed by atoms with Crippen LogP contribution in [0.5, 0.6) is 0 Å². The summed E-state index contributed by atoms with van der Waals surface area (Å²) < 4.78 is 2.43. The molecular weight excluding hydrogens is 669 g/mol. The van der Waals surface area contributed by atoms with Gasteiger partial charge in [-0.15, -0.1) is 0 Å². The Kier molecular flexibility index (Phi) is 8.56. The Hall–Kier alpha value is -6.83. The highest BCUT2D eigenvalue weighted by Crippen LogP contribution is 2.39. The standard InChI is InChI=1S/C51H40N4/c1-51(2,3)42-24-25-45-44-22-10-11-23-48(44)55(49(45)31-42)43-29-40(35-15-6-4-7-16-35)28-41(30-43)37-19-13-20-38(27-37)47-32-46(36-17-8-5-9-18-36)53-50(54-47)39-21-12-14-34(26-39)33-52/h4,6-8,10-32H,5,9H2,1-3H3. The van der Waals surface area contributed by atoms with Crippen molar-refractivity contribution in [3.8, 4) is 56.7 Å². The molecule has 55 heavy (non-hydrogen) atoms. The Bertz CT molecular complexity index is 2860. The van der Waals surface area contributed by atoms with Crippen molar-refractivity contribution < 1.29 is 0 Å². The second-order valence-corrected chi connectivity index (χ2v) is 15.3. The molecule has 0 atom stereocenters. The van der Waals surface area contributed by atoms with Crippen molar-refractivity contribution >= 4 is 27.4 Å². The lowest BCUT2D eigenvalue weighted by Crippen LogP contribution is -2.10. The molecule has 0 spiro atoms. The van der Waals surface area contributed by atoms with Gasteiger partial charge in [0.2, 0.25) is 0 Å². The SMILES string of the molecule is CC(C)(C)c1ccc2c3ccccc3n(-c3cc(-c4ccccc4)cc(-c4cccc(-c5cc(C6=CCCC=C6)nc(-c6cccc(C#N)c6)n5)c4)c3)c2c1. The molecule has 0 amide bonds. The maximum absolute atomic E-state index is 9.65. The maximum Gasteiger partial charge on any atom is 0.160 e. The highest BCUT2D eigenvalue weighted by molar-refractivity contribution is 6.09. The van der Waals surface area contributed by atoms with Crippen LogP contribution in [0.4, 0.5) is 0 Å². The van der Waals surface area contributed by atoms with Gasteiger partial charge in [-0.2, -0.15) is 5.26 Å². The monoisotopic (exact) mass is 708 g/mol. The van der Waals surface area contributed by atoms with Crippen LogP contribution in [0.2, 0.25) is 0 Å². The molecule has 4 heteroatoms. The molecule has 8 aromatic rings. The number of fused-ring (bicyclic) bond motifs is 3. The summed E-state index contributed by atoms with van der Waals surface area (Å²) in [6, 6.07) is 53.8. The summed E-state index contributed by atoms with van der Waals surface area (Å²) in [7, 11) is 0. The molecule has 0 bridgehead atoms. The summed E-state index contributed by atoms with van der Waals surface area (Å²) in [4.78, 5) is 10.1. The number of para-hydroxylation sites is 1. The molecule has 2 aromatic heterocycles. The van der Waals surface area contributed by atoms with Crippen LogP contribution in [0.15, 0.2) is 164 Å². The molecule has 6 aromatic carbocycles. The molecule has 9 rings (SSSR count). The molecule has 0 aliphatic heterocycles. The summed E-state index contributed by atoms with van der Waals surface area (Å²) in [6.45, 7) is 6.83. The third kappa shape index (κ3) is 6.56. The number of rotatable bonds is 6. The zero-order valence-electron chi connectivity index (χ0n) is 31.3. The largest absolute Gasteiger partial charge is 0.309 e. The van der Waals surface area contributed by atoms with Crippen LogP contribution in [0, 0.1) is 11.3 Å². The molecule has 2 heterocycles. The minimum atomic E-state index is 0.00994. The van der Waals surface area contributed by atoms with Crippen molar-refractivity contribution in [3.05, 3.63) is 181 Å². The number of hydrogen-bond donors (Lipinski definition) is 0. The normalized spacial score (nSPS) is 12.9. The smallest absolute Gasteiger partial charge is 0.160 e. The summed E-state index contributed by atoms with van der Waals surface area (Å²) in [5.41, 5.74) is 14.5. The van der Waals surface area contributed by atoms with E-state index in [1.165, 1.54) is 27.4 Å². The lowest BCUT2D eigenvalue weighted by molar-refractivity contribution is 0.591. The molecule has 0 fully saturated rings. The van der Waals surface area contributed by atoms with E-state index in [2.05, 4.69) is 171 Å². The number of benzene rings is 6. The number of aromatic nitrogens is 3. The molecule has 0 unspecified atom stereocenters. The fraction of sp³-hybridized carbons (Fsp3) is 0.118. The van der Waals surface area contributed by atoms with Gasteiger partial charge in [-0.3, -0.25) is 0 Å². The van der Waals surface area contributed by atoms with Crippen LogP contribution >= 0.6 is 0 Å². The average molecular weight is 709 g/mol. The third-order valence-corrected chi connectivity index (χ3v) is 10.6. The van der Waals surface area contributed by atoms with Crippen LogP contribution in [0.1, 0.15) is 50.4 Å². The molecule has 0 radical (unpaired) electrons. The first-order chi connectivity index (χ1) is 26.8. The van der Waals surface area contributed by atoms with Gasteiger partial charge in [0, 0.05) is 27.6 Å². The molecule has 0 saturated carbocycles. The van der Waals surface area contributed by atoms with Crippen molar-refractivity contribution in [2.75, 3.05) is 0 Å². The van der Waals surface area contributed by atoms with E-state index in [4.69, 9.17) is 9.97 Å². The van der Waals surface area contributed by atoms with Crippen LogP contribution in [-0.4, -0.2) is 14.5 Å². The molecule has 0 saturated heterocycles. The molecular formula is C51H40N4. The number of allylic oxidation sites excluding steroid dienone is 4. The highest BCUT2D eigenvalue weighted by Gasteiger charge is 2.20. The van der Waals surface area contributed by atoms with Crippen molar-refractivity contribution in [3.63, 3.8) is 0 Å². The van der Waals surface area contributed by atoms with Crippen molar-refractivity contribution in [2.24, 2.45) is 0 Å². The fourth-order valence-electron chi connectivity index (χ4n) is 7.68. The van der Waals surface area contributed by atoms with E-state index in [1.54, 1.807) is 0 Å². The first kappa shape index (κ1) is 34.0. The zero-order valence-corrected chi connectivity index (χ0v) is 31.3. The third-order valence-electron chi connectivity index (χ3n) is 10.6. The second-order valence-electron chi connectivity index (χ2n) is 15.3. The Morgan fingerprint density at radius 1 is 0.564 bits per heavy atom. The van der Waals surface area contributed by atoms with Crippen LogP contribution < -0.4 is 0 Å². The van der Waals surface area contributed by atoms with E-state index in [1.807, 2.05) is 24.3 Å². The van der Waals surface area contributed by atoms with Gasteiger partial charge in [-0.1, -0.05) is 130 Å². The van der Waals surface area contributed by atoms with Gasteiger partial charge in [0.05, 0.1) is 34.1 Å². The fourth-order valence-corrected chi connectivity index (χ4v) is 7.68. The van der Waals surface area contributed by atoms with Gasteiger partial charge in [-0.05, 0) is 106 Å². The summed E-state index contributed by atoms with van der Waals surface area (Å²) in [5, 5.41) is 12.1. The van der Waals surface area contributed by atoms with E-state index in [9.17, 15) is 5.26 Å². The summed E-state index contributed by atoms with van der Waals surface area (Å²) >= 11 is 0. The van der Waals surface area contributed by atoms with Gasteiger partial charge < -0.3 is 4.57 Å². The predicted octanol–water partition coefficient (Wildman–Crippen LogP) is 13.1. The lowest BCUT2D eigenvalue weighted by Gasteiger charge is -2.20. The number of hydrogen-bond acceptors (Lipinski definition) is 3. The molecule has 1 aliphatic carbocycles.